The molecule has 4 aliphatic rings. The first kappa shape index (κ1) is 23.6. The summed E-state index contributed by atoms with van der Waals surface area (Å²) in [6.45, 7) is 19.6. The highest BCUT2D eigenvalue weighted by molar-refractivity contribution is 5.32. The second kappa shape index (κ2) is 7.75. The summed E-state index contributed by atoms with van der Waals surface area (Å²) in [7, 11) is 0. The lowest BCUT2D eigenvalue weighted by Crippen LogP contribution is -2.57. The van der Waals surface area contributed by atoms with Gasteiger partial charge in [0, 0.05) is 0 Å². The van der Waals surface area contributed by atoms with Crippen LogP contribution in [0.3, 0.4) is 0 Å². The number of hydrogen-bond acceptors (Lipinski definition) is 1. The van der Waals surface area contributed by atoms with Crippen LogP contribution in [0.2, 0.25) is 0 Å². The molecule has 0 aromatic rings. The van der Waals surface area contributed by atoms with Crippen LogP contribution in [0.15, 0.2) is 23.3 Å². The zero-order valence-electron chi connectivity index (χ0n) is 21.9. The minimum absolute atomic E-state index is 0.0398. The first-order valence-electron chi connectivity index (χ1n) is 13.4. The number of allylic oxidation sites excluding steroid dienone is 4. The van der Waals surface area contributed by atoms with Crippen molar-refractivity contribution in [2.45, 2.75) is 119 Å². The number of aliphatic hydroxyl groups excluding tert-OH is 1. The van der Waals surface area contributed by atoms with E-state index in [1.54, 1.807) is 5.57 Å². The third-order valence-corrected chi connectivity index (χ3v) is 11.7. The molecule has 0 saturated heterocycles. The van der Waals surface area contributed by atoms with Gasteiger partial charge in [-0.05, 0) is 117 Å². The normalized spacial score (nSPS) is 46.9. The van der Waals surface area contributed by atoms with Gasteiger partial charge in [0.2, 0.25) is 0 Å². The maximum Gasteiger partial charge on any atom is 0.0594 e. The first-order chi connectivity index (χ1) is 14.4. The third-order valence-electron chi connectivity index (χ3n) is 11.7. The molecule has 31 heavy (non-hydrogen) atoms. The Kier molecular flexibility index (Phi) is 5.90. The highest BCUT2D eigenvalue weighted by Crippen LogP contribution is 2.73. The Morgan fingerprint density at radius 1 is 1.03 bits per heavy atom. The van der Waals surface area contributed by atoms with Crippen molar-refractivity contribution in [3.63, 3.8) is 0 Å². The van der Waals surface area contributed by atoms with Crippen molar-refractivity contribution < 1.29 is 5.11 Å². The number of hydrogen-bond donors (Lipinski definition) is 1. The molecule has 0 spiro atoms. The maximum absolute atomic E-state index is 10.8. The largest absolute Gasteiger partial charge is 0.393 e. The Balaban J connectivity index is 1.63. The zero-order valence-corrected chi connectivity index (χ0v) is 21.9. The molecule has 3 saturated carbocycles. The predicted octanol–water partition coefficient (Wildman–Crippen LogP) is 8.34. The lowest BCUT2D eigenvalue weighted by atomic mass is 9.41. The molecule has 0 radical (unpaired) electrons. The van der Waals surface area contributed by atoms with Crippen LogP contribution in [0.5, 0.6) is 0 Å². The molecule has 0 amide bonds. The van der Waals surface area contributed by atoms with E-state index in [1.165, 1.54) is 56.9 Å². The lowest BCUT2D eigenvalue weighted by Gasteiger charge is -2.64. The fourth-order valence-corrected chi connectivity index (χ4v) is 9.51. The van der Waals surface area contributed by atoms with Gasteiger partial charge in [-0.25, -0.2) is 0 Å². The summed E-state index contributed by atoms with van der Waals surface area (Å²) in [4.78, 5) is 0. The second-order valence-corrected chi connectivity index (χ2v) is 13.7. The Hall–Kier alpha value is -0.560. The summed E-state index contributed by atoms with van der Waals surface area (Å²) >= 11 is 0. The van der Waals surface area contributed by atoms with Crippen LogP contribution in [0.4, 0.5) is 0 Å². The van der Waals surface area contributed by atoms with Gasteiger partial charge in [0.05, 0.1) is 6.10 Å². The number of fused-ring (bicyclic) bond motifs is 5. The minimum atomic E-state index is -0.135. The number of aliphatic hydroxyl groups is 1. The predicted molar refractivity (Wildman–Crippen MR) is 133 cm³/mol. The van der Waals surface area contributed by atoms with Crippen molar-refractivity contribution >= 4 is 0 Å². The summed E-state index contributed by atoms with van der Waals surface area (Å²) < 4.78 is 0. The minimum Gasteiger partial charge on any atom is -0.393 e. The molecule has 4 rings (SSSR count). The van der Waals surface area contributed by atoms with E-state index in [2.05, 4.69) is 67.5 Å². The fourth-order valence-electron chi connectivity index (χ4n) is 9.51. The second-order valence-electron chi connectivity index (χ2n) is 13.7. The van der Waals surface area contributed by atoms with Crippen molar-refractivity contribution in [3.8, 4) is 0 Å². The smallest absolute Gasteiger partial charge is 0.0594 e. The zero-order chi connectivity index (χ0) is 22.8. The molecule has 3 fully saturated rings. The Labute approximate surface area is 193 Å². The van der Waals surface area contributed by atoms with Crippen LogP contribution < -0.4 is 0 Å². The van der Waals surface area contributed by atoms with Gasteiger partial charge in [-0.3, -0.25) is 0 Å². The van der Waals surface area contributed by atoms with Crippen molar-refractivity contribution in [2.75, 3.05) is 0 Å². The highest BCUT2D eigenvalue weighted by Gasteiger charge is 2.65. The molecule has 1 nitrogen and oxygen atoms in total. The Bertz CT molecular complexity index is 754. The molecule has 0 unspecified atom stereocenters. The van der Waals surface area contributed by atoms with Crippen LogP contribution in [0, 0.1) is 45.3 Å². The van der Waals surface area contributed by atoms with Crippen LogP contribution >= 0.6 is 0 Å². The van der Waals surface area contributed by atoms with E-state index < -0.39 is 0 Å². The average molecular weight is 427 g/mol. The van der Waals surface area contributed by atoms with E-state index in [0.29, 0.717) is 22.2 Å². The summed E-state index contributed by atoms with van der Waals surface area (Å²) in [5.74, 6) is 3.05. The topological polar surface area (TPSA) is 20.2 Å². The summed E-state index contributed by atoms with van der Waals surface area (Å²) in [5.41, 5.74) is 4.49. The van der Waals surface area contributed by atoms with E-state index in [4.69, 9.17) is 0 Å². The fraction of sp³-hybridized carbons (Fsp3) is 0.867. The van der Waals surface area contributed by atoms with E-state index in [9.17, 15) is 5.11 Å². The lowest BCUT2D eigenvalue weighted by molar-refractivity contribution is -0.118. The van der Waals surface area contributed by atoms with E-state index in [1.807, 2.05) is 0 Å². The molecule has 0 bridgehead atoms. The van der Waals surface area contributed by atoms with Crippen LogP contribution in [0.25, 0.3) is 0 Å². The summed E-state index contributed by atoms with van der Waals surface area (Å²) in [6.07, 6.45) is 16.5. The van der Waals surface area contributed by atoms with Gasteiger partial charge in [0.15, 0.2) is 0 Å². The molecule has 1 heteroatoms. The van der Waals surface area contributed by atoms with E-state index in [-0.39, 0.29) is 11.5 Å². The van der Waals surface area contributed by atoms with E-state index in [0.717, 1.165) is 24.2 Å². The van der Waals surface area contributed by atoms with Gasteiger partial charge in [0.1, 0.15) is 0 Å². The SMILES string of the molecule is CC(C)=CCC[C@@H](C)[C@H]1CC[C@@]2(C)[C@@H]3CC[C@H]4C(C)(C)[C@@H](O)CC[C@]4(C)C3=CC[C@]12C. The monoisotopic (exact) mass is 426 g/mol. The molecule has 0 aromatic heterocycles. The standard InChI is InChI=1S/C30H50O/c1-20(2)10-9-11-21(3)22-14-18-30(8)24-12-13-25-27(4,5)26(31)16-17-28(25,6)23(24)15-19-29(22,30)7/h10,15,21-22,24-26,31H,9,11-14,16-19H2,1-8H3/t21-,22-,24-,25+,26+,28-,29-,30+/m1/s1. The molecule has 176 valence electrons. The number of rotatable bonds is 4. The van der Waals surface area contributed by atoms with Gasteiger partial charge in [0.25, 0.3) is 0 Å². The maximum atomic E-state index is 10.8. The summed E-state index contributed by atoms with van der Waals surface area (Å²) in [5, 5.41) is 10.8. The summed E-state index contributed by atoms with van der Waals surface area (Å²) in [6, 6.07) is 0. The molecule has 4 aliphatic carbocycles. The van der Waals surface area contributed by atoms with Crippen molar-refractivity contribution in [3.05, 3.63) is 23.3 Å². The van der Waals surface area contributed by atoms with Crippen molar-refractivity contribution in [1.82, 2.24) is 0 Å². The van der Waals surface area contributed by atoms with Crippen molar-refractivity contribution in [1.29, 1.82) is 0 Å². The van der Waals surface area contributed by atoms with Crippen molar-refractivity contribution in [2.24, 2.45) is 45.3 Å². The first-order valence-corrected chi connectivity index (χ1v) is 13.4. The van der Waals surface area contributed by atoms with Gasteiger partial charge in [-0.1, -0.05) is 64.8 Å². The molecule has 8 atom stereocenters. The molecule has 0 heterocycles. The van der Waals surface area contributed by atoms with Crippen LogP contribution in [0.1, 0.15) is 113 Å². The van der Waals surface area contributed by atoms with Gasteiger partial charge in [-0.15, -0.1) is 0 Å². The Morgan fingerprint density at radius 2 is 1.74 bits per heavy atom. The third kappa shape index (κ3) is 3.34. The van der Waals surface area contributed by atoms with Gasteiger partial charge in [-0.2, -0.15) is 0 Å². The quantitative estimate of drug-likeness (QED) is 0.448. The molecular weight excluding hydrogens is 376 g/mol. The molecule has 1 N–H and O–H groups in total. The average Bonchev–Trinajstić information content (AvgIpc) is 2.96. The molecular formula is C30H50O. The van der Waals surface area contributed by atoms with Gasteiger partial charge >= 0.3 is 0 Å². The Morgan fingerprint density at radius 3 is 2.42 bits per heavy atom. The van der Waals surface area contributed by atoms with E-state index >= 15 is 0 Å². The van der Waals surface area contributed by atoms with Crippen LogP contribution in [-0.2, 0) is 0 Å². The molecule has 0 aromatic carbocycles. The highest BCUT2D eigenvalue weighted by atomic mass is 16.3. The van der Waals surface area contributed by atoms with Gasteiger partial charge < -0.3 is 5.11 Å². The molecule has 0 aliphatic heterocycles. The van der Waals surface area contributed by atoms with Crippen LogP contribution in [-0.4, -0.2) is 11.2 Å².